The van der Waals surface area contributed by atoms with Crippen LogP contribution < -0.4 is 19.9 Å². The molecule has 0 aliphatic carbocycles. The van der Waals surface area contributed by atoms with Crippen molar-refractivity contribution in [2.24, 2.45) is 17.1 Å². The second-order valence-electron chi connectivity index (χ2n) is 12.1. The number of primary amides is 1. The van der Waals surface area contributed by atoms with Crippen LogP contribution in [0.4, 0.5) is 0 Å². The number of nitrogens with zero attached hydrogens (tertiary/aromatic N) is 2. The van der Waals surface area contributed by atoms with Crippen molar-refractivity contribution >= 4 is 35.0 Å². The number of carbonyl (C=O) groups is 2. The fourth-order valence-electron chi connectivity index (χ4n) is 7.15. The maximum Gasteiger partial charge on any atom is 0.254 e. The Labute approximate surface area is 275 Å². The molecule has 2 saturated heterocycles. The molecule has 0 saturated carbocycles. The van der Waals surface area contributed by atoms with Crippen LogP contribution in [0.3, 0.4) is 0 Å². The minimum atomic E-state index is -0.793. The van der Waals surface area contributed by atoms with E-state index in [1.54, 1.807) is 18.2 Å². The summed E-state index contributed by atoms with van der Waals surface area (Å²) in [4.78, 5) is 31.4. The lowest BCUT2D eigenvalue weighted by Crippen LogP contribution is -2.56. The third kappa shape index (κ3) is 6.60. The van der Waals surface area contributed by atoms with Crippen molar-refractivity contribution in [1.82, 2.24) is 9.80 Å². The summed E-state index contributed by atoms with van der Waals surface area (Å²) >= 11 is 12.8. The summed E-state index contributed by atoms with van der Waals surface area (Å²) in [6.45, 7) is 4.83. The lowest BCUT2D eigenvalue weighted by molar-refractivity contribution is -0.132. The molecule has 2 aliphatic rings. The second kappa shape index (κ2) is 13.9. The lowest BCUT2D eigenvalue weighted by Gasteiger charge is -2.49. The van der Waals surface area contributed by atoms with Crippen molar-refractivity contribution in [1.29, 1.82) is 0 Å². The van der Waals surface area contributed by atoms with Gasteiger partial charge in [0.25, 0.3) is 5.91 Å². The molecule has 8 nitrogen and oxygen atoms in total. The van der Waals surface area contributed by atoms with Crippen LogP contribution in [0, 0.1) is 11.3 Å². The van der Waals surface area contributed by atoms with E-state index in [1.165, 1.54) is 21.3 Å². The number of amides is 2. The van der Waals surface area contributed by atoms with Crippen molar-refractivity contribution in [3.63, 3.8) is 0 Å². The Balaban J connectivity index is 1.37. The van der Waals surface area contributed by atoms with E-state index in [2.05, 4.69) is 11.8 Å². The highest BCUT2D eigenvalue weighted by molar-refractivity contribution is 6.42. The van der Waals surface area contributed by atoms with Crippen molar-refractivity contribution < 1.29 is 23.8 Å². The minimum Gasteiger partial charge on any atom is -0.493 e. The molecule has 3 aromatic carbocycles. The minimum absolute atomic E-state index is 0.0770. The fraction of sp³-hybridized carbons (Fsp3) is 0.429. The van der Waals surface area contributed by atoms with Gasteiger partial charge in [0.1, 0.15) is 0 Å². The molecule has 240 valence electrons. The molecular formula is C35H41Cl2N3O5. The van der Waals surface area contributed by atoms with Crippen LogP contribution in [0.15, 0.2) is 60.7 Å². The number of benzene rings is 3. The predicted octanol–water partition coefficient (Wildman–Crippen LogP) is 6.07. The van der Waals surface area contributed by atoms with Gasteiger partial charge in [-0.3, -0.25) is 14.5 Å². The van der Waals surface area contributed by atoms with Crippen molar-refractivity contribution in [2.45, 2.75) is 38.1 Å². The van der Waals surface area contributed by atoms with E-state index in [9.17, 15) is 9.59 Å². The zero-order valence-corrected chi connectivity index (χ0v) is 27.7. The number of methoxy groups -OCH3 is 3. The number of rotatable bonds is 10. The average Bonchev–Trinajstić information content (AvgIpc) is 3.55. The van der Waals surface area contributed by atoms with Gasteiger partial charge in [-0.1, -0.05) is 59.6 Å². The highest BCUT2D eigenvalue weighted by Crippen LogP contribution is 2.47. The van der Waals surface area contributed by atoms with E-state index in [4.69, 9.17) is 43.1 Å². The van der Waals surface area contributed by atoms with Crippen LogP contribution >= 0.6 is 23.2 Å². The first-order valence-corrected chi connectivity index (χ1v) is 16.0. The van der Waals surface area contributed by atoms with Gasteiger partial charge in [0.15, 0.2) is 11.5 Å². The first-order chi connectivity index (χ1) is 21.6. The number of hydrogen-bond acceptors (Lipinski definition) is 6. The highest BCUT2D eigenvalue weighted by Gasteiger charge is 2.50. The molecule has 2 heterocycles. The zero-order valence-electron chi connectivity index (χ0n) is 26.2. The monoisotopic (exact) mass is 653 g/mol. The van der Waals surface area contributed by atoms with Crippen molar-refractivity contribution in [2.75, 3.05) is 47.5 Å². The third-order valence-electron chi connectivity index (χ3n) is 9.81. The fourth-order valence-corrected chi connectivity index (χ4v) is 7.45. The Morgan fingerprint density at radius 3 is 2.22 bits per heavy atom. The topological polar surface area (TPSA) is 94.3 Å². The first-order valence-electron chi connectivity index (χ1n) is 15.2. The molecule has 45 heavy (non-hydrogen) atoms. The smallest absolute Gasteiger partial charge is 0.254 e. The standard InChI is InChI=1S/C35H41Cl2N3O5/c1-22(25-12-14-40(20-25)33(41)26-17-30(43-2)32(45-4)31(18-26)44-3)39-15-13-35(34(38)42,19-23-8-6-5-7-9-23)27(21-39)24-10-11-28(36)29(37)16-24/h5-11,16-18,22,25,27H,12-15,19-21H2,1-4H3,(H2,38,42). The van der Waals surface area contributed by atoms with Gasteiger partial charge < -0.3 is 24.8 Å². The number of likely N-dealkylation sites (tertiary alicyclic amines) is 2. The van der Waals surface area contributed by atoms with Crippen LogP contribution in [0.1, 0.15) is 47.2 Å². The first kappa shape index (κ1) is 32.9. The molecular weight excluding hydrogens is 613 g/mol. The molecule has 2 aliphatic heterocycles. The van der Waals surface area contributed by atoms with E-state index in [1.807, 2.05) is 47.4 Å². The molecule has 0 bridgehead atoms. The van der Waals surface area contributed by atoms with Gasteiger partial charge in [0.2, 0.25) is 11.7 Å². The predicted molar refractivity (Wildman–Crippen MR) is 177 cm³/mol. The normalized spacial score (nSPS) is 22.6. The number of halogens is 2. The van der Waals surface area contributed by atoms with Crippen molar-refractivity contribution in [3.8, 4) is 17.2 Å². The Bertz CT molecular complexity index is 1510. The Morgan fingerprint density at radius 1 is 0.933 bits per heavy atom. The largest absolute Gasteiger partial charge is 0.493 e. The van der Waals surface area contributed by atoms with Crippen LogP contribution in [0.2, 0.25) is 10.0 Å². The van der Waals surface area contributed by atoms with Crippen LogP contribution in [0.25, 0.3) is 0 Å². The summed E-state index contributed by atoms with van der Waals surface area (Å²) < 4.78 is 16.4. The van der Waals surface area contributed by atoms with Gasteiger partial charge in [-0.2, -0.15) is 0 Å². The SMILES string of the molecule is COc1cc(C(=O)N2CCC(C(C)N3CCC(Cc4ccccc4)(C(N)=O)C(c4ccc(Cl)c(Cl)c4)C3)C2)cc(OC)c1OC. The highest BCUT2D eigenvalue weighted by atomic mass is 35.5. The van der Waals surface area contributed by atoms with Gasteiger partial charge in [-0.25, -0.2) is 0 Å². The molecule has 10 heteroatoms. The molecule has 0 aromatic heterocycles. The summed E-state index contributed by atoms with van der Waals surface area (Å²) in [7, 11) is 4.61. The van der Waals surface area contributed by atoms with Crippen molar-refractivity contribution in [3.05, 3.63) is 87.4 Å². The zero-order chi connectivity index (χ0) is 32.3. The summed E-state index contributed by atoms with van der Waals surface area (Å²) in [6.07, 6.45) is 2.01. The molecule has 2 amide bonds. The summed E-state index contributed by atoms with van der Waals surface area (Å²) in [5, 5.41) is 0.922. The van der Waals surface area contributed by atoms with E-state index in [0.29, 0.717) is 71.9 Å². The molecule has 0 radical (unpaired) electrons. The Kier molecular flexibility index (Phi) is 10.2. The maximum absolute atomic E-state index is 13.6. The number of ether oxygens (including phenoxy) is 3. The van der Waals surface area contributed by atoms with E-state index >= 15 is 0 Å². The molecule has 2 fully saturated rings. The third-order valence-corrected chi connectivity index (χ3v) is 10.5. The number of nitrogens with two attached hydrogens (primary N) is 1. The van der Waals surface area contributed by atoms with Gasteiger partial charge in [0.05, 0.1) is 36.8 Å². The Morgan fingerprint density at radius 2 is 1.62 bits per heavy atom. The average molecular weight is 655 g/mol. The second-order valence-corrected chi connectivity index (χ2v) is 12.9. The van der Waals surface area contributed by atoms with E-state index in [-0.39, 0.29) is 29.7 Å². The van der Waals surface area contributed by atoms with Gasteiger partial charge in [-0.05, 0) is 74.0 Å². The quantitative estimate of drug-likeness (QED) is 0.285. The van der Waals surface area contributed by atoms with Crippen LogP contribution in [-0.2, 0) is 11.2 Å². The molecule has 4 unspecified atom stereocenters. The Hall–Kier alpha value is -3.46. The number of piperidine rings is 1. The molecule has 2 N–H and O–H groups in total. The summed E-state index contributed by atoms with van der Waals surface area (Å²) in [5.74, 6) is 1.01. The van der Waals surface area contributed by atoms with Gasteiger partial charge in [-0.15, -0.1) is 0 Å². The molecule has 4 atom stereocenters. The van der Waals surface area contributed by atoms with E-state index in [0.717, 1.165) is 17.5 Å². The van der Waals surface area contributed by atoms with Crippen LogP contribution in [-0.4, -0.2) is 75.2 Å². The summed E-state index contributed by atoms with van der Waals surface area (Å²) in [6, 6.07) is 19.2. The number of carbonyl (C=O) groups excluding carboxylic acids is 2. The maximum atomic E-state index is 13.6. The van der Waals surface area contributed by atoms with Gasteiger partial charge >= 0.3 is 0 Å². The lowest BCUT2D eigenvalue weighted by atomic mass is 9.63. The summed E-state index contributed by atoms with van der Waals surface area (Å²) in [5.41, 5.74) is 7.98. The molecule has 0 spiro atoms. The van der Waals surface area contributed by atoms with Crippen LogP contribution in [0.5, 0.6) is 17.2 Å². The van der Waals surface area contributed by atoms with E-state index < -0.39 is 5.41 Å². The molecule has 5 rings (SSSR count). The molecule has 3 aromatic rings. The van der Waals surface area contributed by atoms with Gasteiger partial charge in [0, 0.05) is 37.2 Å². The number of hydrogen-bond donors (Lipinski definition) is 1.